The summed E-state index contributed by atoms with van der Waals surface area (Å²) in [6, 6.07) is 5.61. The maximum Gasteiger partial charge on any atom is 0.235 e. The summed E-state index contributed by atoms with van der Waals surface area (Å²) in [5.41, 5.74) is 0. The van der Waals surface area contributed by atoms with Gasteiger partial charge in [0.2, 0.25) is 6.36 Å². The molecule has 0 aliphatic heterocycles. The first-order chi connectivity index (χ1) is 6.39. The molecule has 0 spiro atoms. The highest BCUT2D eigenvalue weighted by Crippen LogP contribution is 2.16. The molecule has 0 bridgehead atoms. The Morgan fingerprint density at radius 3 is 2.14 bits per heavy atom. The zero-order chi connectivity index (χ0) is 10.8. The Morgan fingerprint density at radius 2 is 1.79 bits per heavy atom. The van der Waals surface area contributed by atoms with Crippen molar-refractivity contribution in [3.63, 3.8) is 0 Å². The van der Waals surface area contributed by atoms with E-state index in [9.17, 15) is 12.8 Å². The number of hydrogen-bond acceptors (Lipinski definition) is 3. The van der Waals surface area contributed by atoms with Crippen molar-refractivity contribution in [3.05, 3.63) is 24.3 Å². The highest BCUT2D eigenvalue weighted by atomic mass is 32.2. The SMILES string of the molecule is CC(F)Oc1ccc(S(C)(=O)=O)cc1. The van der Waals surface area contributed by atoms with Crippen molar-refractivity contribution in [2.45, 2.75) is 18.2 Å². The molecule has 0 amide bonds. The van der Waals surface area contributed by atoms with Gasteiger partial charge in [-0.2, -0.15) is 0 Å². The Hall–Kier alpha value is -1.10. The Balaban J connectivity index is 2.90. The molecule has 1 aromatic carbocycles. The lowest BCUT2D eigenvalue weighted by Gasteiger charge is -2.06. The zero-order valence-electron chi connectivity index (χ0n) is 7.90. The smallest absolute Gasteiger partial charge is 0.235 e. The van der Waals surface area contributed by atoms with Crippen LogP contribution < -0.4 is 4.74 Å². The quantitative estimate of drug-likeness (QED) is 0.776. The summed E-state index contributed by atoms with van der Waals surface area (Å²) in [6.07, 6.45) is -0.292. The monoisotopic (exact) mass is 218 g/mol. The summed E-state index contributed by atoms with van der Waals surface area (Å²) >= 11 is 0. The molecule has 14 heavy (non-hydrogen) atoms. The molecule has 0 saturated heterocycles. The van der Waals surface area contributed by atoms with E-state index in [-0.39, 0.29) is 4.90 Å². The van der Waals surface area contributed by atoms with Gasteiger partial charge in [-0.25, -0.2) is 12.8 Å². The summed E-state index contributed by atoms with van der Waals surface area (Å²) in [7, 11) is -3.20. The maximum absolute atomic E-state index is 12.4. The first kappa shape index (κ1) is 11.0. The van der Waals surface area contributed by atoms with Gasteiger partial charge in [-0.1, -0.05) is 0 Å². The maximum atomic E-state index is 12.4. The van der Waals surface area contributed by atoms with Crippen LogP contribution in [0.3, 0.4) is 0 Å². The lowest BCUT2D eigenvalue weighted by molar-refractivity contribution is 0.0860. The molecule has 1 rings (SSSR count). The fraction of sp³-hybridized carbons (Fsp3) is 0.333. The van der Waals surface area contributed by atoms with Crippen LogP contribution in [0.1, 0.15) is 6.92 Å². The molecule has 1 unspecified atom stereocenters. The van der Waals surface area contributed by atoms with Crippen LogP contribution in [0.5, 0.6) is 5.75 Å². The second kappa shape index (κ2) is 3.96. The van der Waals surface area contributed by atoms with Gasteiger partial charge >= 0.3 is 0 Å². The van der Waals surface area contributed by atoms with Crippen molar-refractivity contribution < 1.29 is 17.5 Å². The van der Waals surface area contributed by atoms with Gasteiger partial charge in [0, 0.05) is 13.2 Å². The molecule has 0 fully saturated rings. The second-order valence-corrected chi connectivity index (χ2v) is 4.92. The third-order valence-corrected chi connectivity index (χ3v) is 2.68. The van der Waals surface area contributed by atoms with Gasteiger partial charge in [0.25, 0.3) is 0 Å². The zero-order valence-corrected chi connectivity index (χ0v) is 8.71. The molecule has 0 radical (unpaired) electrons. The fourth-order valence-electron chi connectivity index (χ4n) is 0.953. The van der Waals surface area contributed by atoms with Crippen molar-refractivity contribution >= 4 is 9.84 Å². The van der Waals surface area contributed by atoms with E-state index in [1.165, 1.54) is 31.2 Å². The average Bonchev–Trinajstić information content (AvgIpc) is 2.02. The minimum absolute atomic E-state index is 0.191. The van der Waals surface area contributed by atoms with Gasteiger partial charge < -0.3 is 4.74 Å². The molecule has 5 heteroatoms. The molecular weight excluding hydrogens is 207 g/mol. The van der Waals surface area contributed by atoms with Gasteiger partial charge in [-0.05, 0) is 24.3 Å². The standard InChI is InChI=1S/C9H11FO3S/c1-7(10)13-8-3-5-9(6-4-8)14(2,11)12/h3-7H,1-2H3. The van der Waals surface area contributed by atoms with E-state index in [4.69, 9.17) is 4.74 Å². The molecule has 0 N–H and O–H groups in total. The Bertz CT molecular complexity index is 395. The van der Waals surface area contributed by atoms with Crippen molar-refractivity contribution in [1.82, 2.24) is 0 Å². The number of rotatable bonds is 3. The molecule has 78 valence electrons. The van der Waals surface area contributed by atoms with Gasteiger partial charge in [-0.3, -0.25) is 0 Å². The average molecular weight is 218 g/mol. The number of sulfone groups is 1. The molecule has 1 aromatic rings. The van der Waals surface area contributed by atoms with Crippen LogP contribution in [0.2, 0.25) is 0 Å². The highest BCUT2D eigenvalue weighted by molar-refractivity contribution is 7.90. The van der Waals surface area contributed by atoms with Crippen LogP contribution in [-0.4, -0.2) is 21.0 Å². The fourth-order valence-corrected chi connectivity index (χ4v) is 1.58. The highest BCUT2D eigenvalue weighted by Gasteiger charge is 2.07. The molecule has 0 aliphatic rings. The summed E-state index contributed by atoms with van der Waals surface area (Å²) in [4.78, 5) is 0.191. The molecule has 0 aliphatic carbocycles. The van der Waals surface area contributed by atoms with Crippen molar-refractivity contribution in [1.29, 1.82) is 0 Å². The number of hydrogen-bond donors (Lipinski definition) is 0. The molecule has 1 atom stereocenters. The normalized spacial score (nSPS) is 13.6. The van der Waals surface area contributed by atoms with E-state index in [1.54, 1.807) is 0 Å². The molecule has 3 nitrogen and oxygen atoms in total. The third-order valence-electron chi connectivity index (χ3n) is 1.55. The van der Waals surface area contributed by atoms with E-state index in [2.05, 4.69) is 0 Å². The number of alkyl halides is 1. The minimum atomic E-state index is -3.20. The van der Waals surface area contributed by atoms with Gasteiger partial charge in [0.05, 0.1) is 4.90 Å². The Labute approximate surface area is 82.4 Å². The van der Waals surface area contributed by atoms with Gasteiger partial charge in [-0.15, -0.1) is 0 Å². The molecule has 0 aromatic heterocycles. The van der Waals surface area contributed by atoms with Gasteiger partial charge in [0.1, 0.15) is 5.75 Å². The van der Waals surface area contributed by atoms with Crippen LogP contribution in [0.25, 0.3) is 0 Å². The van der Waals surface area contributed by atoms with Crippen molar-refractivity contribution in [2.24, 2.45) is 0 Å². The number of benzene rings is 1. The van der Waals surface area contributed by atoms with Crippen molar-refractivity contribution in [2.75, 3.05) is 6.26 Å². The van der Waals surface area contributed by atoms with E-state index in [0.717, 1.165) is 6.26 Å². The molecule has 0 saturated carbocycles. The first-order valence-electron chi connectivity index (χ1n) is 4.00. The number of halogens is 1. The summed E-state index contributed by atoms with van der Waals surface area (Å²) in [5, 5.41) is 0. The van der Waals surface area contributed by atoms with Crippen molar-refractivity contribution in [3.8, 4) is 5.75 Å². The van der Waals surface area contributed by atoms with Crippen LogP contribution in [-0.2, 0) is 9.84 Å². The lowest BCUT2D eigenvalue weighted by Crippen LogP contribution is -2.04. The Morgan fingerprint density at radius 1 is 1.29 bits per heavy atom. The summed E-state index contributed by atoms with van der Waals surface area (Å²) < 4.78 is 39.2. The van der Waals surface area contributed by atoms with Crippen LogP contribution >= 0.6 is 0 Å². The van der Waals surface area contributed by atoms with Crippen LogP contribution in [0, 0.1) is 0 Å². The summed E-state index contributed by atoms with van der Waals surface area (Å²) in [6.45, 7) is 1.25. The number of ether oxygens (including phenoxy) is 1. The Kier molecular flexibility index (Phi) is 3.10. The predicted molar refractivity (Wildman–Crippen MR) is 50.7 cm³/mol. The predicted octanol–water partition coefficient (Wildman–Crippen LogP) is 1.78. The van der Waals surface area contributed by atoms with E-state index in [0.29, 0.717) is 5.75 Å². The lowest BCUT2D eigenvalue weighted by atomic mass is 10.3. The topological polar surface area (TPSA) is 43.4 Å². The largest absolute Gasteiger partial charge is 0.461 e. The van der Waals surface area contributed by atoms with Gasteiger partial charge in [0.15, 0.2) is 9.84 Å². The molecule has 0 heterocycles. The van der Waals surface area contributed by atoms with E-state index >= 15 is 0 Å². The van der Waals surface area contributed by atoms with E-state index < -0.39 is 16.2 Å². The first-order valence-corrected chi connectivity index (χ1v) is 5.89. The molecular formula is C9H11FO3S. The van der Waals surface area contributed by atoms with E-state index in [1.807, 2.05) is 0 Å². The summed E-state index contributed by atoms with van der Waals surface area (Å²) in [5.74, 6) is 0.312. The second-order valence-electron chi connectivity index (χ2n) is 2.90. The van der Waals surface area contributed by atoms with Crippen LogP contribution in [0.4, 0.5) is 4.39 Å². The minimum Gasteiger partial charge on any atom is -0.461 e. The third kappa shape index (κ3) is 2.99. The van der Waals surface area contributed by atoms with Crippen LogP contribution in [0.15, 0.2) is 29.2 Å².